The van der Waals surface area contributed by atoms with Gasteiger partial charge in [-0.25, -0.2) is 4.79 Å². The first-order chi connectivity index (χ1) is 14.1. The summed E-state index contributed by atoms with van der Waals surface area (Å²) in [6, 6.07) is 19.9. The number of ether oxygens (including phenoxy) is 1. The van der Waals surface area contributed by atoms with E-state index in [1.54, 1.807) is 6.07 Å². The van der Waals surface area contributed by atoms with E-state index in [9.17, 15) is 9.90 Å². The Morgan fingerprint density at radius 2 is 1.79 bits per heavy atom. The summed E-state index contributed by atoms with van der Waals surface area (Å²) in [5.74, 6) is 0.601. The molecule has 3 aromatic rings. The van der Waals surface area contributed by atoms with Crippen molar-refractivity contribution in [1.82, 2.24) is 0 Å². The van der Waals surface area contributed by atoms with E-state index in [1.807, 2.05) is 36.4 Å². The molecule has 0 heterocycles. The molecule has 4 rings (SSSR count). The molecule has 1 saturated carbocycles. The van der Waals surface area contributed by atoms with Crippen molar-refractivity contribution in [2.45, 2.75) is 51.6 Å². The van der Waals surface area contributed by atoms with Crippen LogP contribution in [0.1, 0.15) is 66.4 Å². The zero-order valence-electron chi connectivity index (χ0n) is 16.9. The predicted octanol–water partition coefficient (Wildman–Crippen LogP) is 6.80. The van der Waals surface area contributed by atoms with Gasteiger partial charge in [0.05, 0.1) is 0 Å². The van der Waals surface area contributed by atoms with Crippen molar-refractivity contribution in [3.8, 4) is 5.75 Å². The molecule has 0 aliphatic heterocycles. The lowest BCUT2D eigenvalue weighted by Crippen LogP contribution is -2.14. The monoisotopic (exact) mass is 388 g/mol. The Kier molecular flexibility index (Phi) is 5.84. The van der Waals surface area contributed by atoms with Crippen LogP contribution in [0.5, 0.6) is 5.75 Å². The Morgan fingerprint density at radius 1 is 1.03 bits per heavy atom. The maximum atomic E-state index is 11.7. The number of hydrogen-bond acceptors (Lipinski definition) is 2. The van der Waals surface area contributed by atoms with Crippen LogP contribution in [0.3, 0.4) is 0 Å². The molecule has 0 aromatic heterocycles. The van der Waals surface area contributed by atoms with Gasteiger partial charge in [-0.2, -0.15) is 0 Å². The number of benzene rings is 3. The van der Waals surface area contributed by atoms with Crippen LogP contribution in [0, 0.1) is 5.92 Å². The van der Waals surface area contributed by atoms with Gasteiger partial charge in [0.25, 0.3) is 0 Å². The van der Waals surface area contributed by atoms with Gasteiger partial charge in [-0.1, -0.05) is 74.7 Å². The average molecular weight is 389 g/mol. The molecule has 3 nitrogen and oxygen atoms in total. The standard InChI is InChI=1S/C26H28O3/c1-18(19-8-3-2-4-9-19)21-14-15-24(26(27)28)25(16-21)29-17-22-12-7-11-20-10-5-6-13-23(20)22/h5-7,10-16,18-19H,2-4,8-9,17H2,1H3,(H,27,28)/t18-/m0/s1. The van der Waals surface area contributed by atoms with E-state index in [4.69, 9.17) is 4.74 Å². The maximum absolute atomic E-state index is 11.7. The molecule has 1 aliphatic rings. The third-order valence-corrected chi connectivity index (χ3v) is 6.38. The summed E-state index contributed by atoms with van der Waals surface area (Å²) in [5, 5.41) is 11.9. The minimum absolute atomic E-state index is 0.227. The fraction of sp³-hybridized carbons (Fsp3) is 0.346. The molecular weight excluding hydrogens is 360 g/mol. The van der Waals surface area contributed by atoms with Crippen molar-refractivity contribution < 1.29 is 14.6 Å². The Hall–Kier alpha value is -2.81. The molecule has 3 heteroatoms. The van der Waals surface area contributed by atoms with Gasteiger partial charge < -0.3 is 9.84 Å². The number of carboxylic acid groups (broad SMARTS) is 1. The lowest BCUT2D eigenvalue weighted by Gasteiger charge is -2.28. The molecule has 0 radical (unpaired) electrons. The molecule has 0 saturated heterocycles. The molecule has 29 heavy (non-hydrogen) atoms. The van der Waals surface area contributed by atoms with E-state index in [0.29, 0.717) is 24.2 Å². The first-order valence-electron chi connectivity index (χ1n) is 10.6. The second kappa shape index (κ2) is 8.69. The summed E-state index contributed by atoms with van der Waals surface area (Å²) in [5.41, 5.74) is 2.46. The Morgan fingerprint density at radius 3 is 2.59 bits per heavy atom. The largest absolute Gasteiger partial charge is 0.488 e. The van der Waals surface area contributed by atoms with E-state index >= 15 is 0 Å². The SMILES string of the molecule is C[C@H](c1ccc(C(=O)O)c(OCc2cccc3ccccc23)c1)C1CCCCC1. The highest BCUT2D eigenvalue weighted by atomic mass is 16.5. The van der Waals surface area contributed by atoms with Gasteiger partial charge >= 0.3 is 5.97 Å². The van der Waals surface area contributed by atoms with Crippen molar-refractivity contribution in [3.63, 3.8) is 0 Å². The lowest BCUT2D eigenvalue weighted by atomic mass is 9.77. The molecule has 150 valence electrons. The highest BCUT2D eigenvalue weighted by molar-refractivity contribution is 5.91. The number of fused-ring (bicyclic) bond motifs is 1. The van der Waals surface area contributed by atoms with Crippen LogP contribution in [0.25, 0.3) is 10.8 Å². The quantitative estimate of drug-likeness (QED) is 0.505. The van der Waals surface area contributed by atoms with Crippen molar-refractivity contribution in [2.24, 2.45) is 5.92 Å². The molecule has 0 spiro atoms. The lowest BCUT2D eigenvalue weighted by molar-refractivity contribution is 0.0691. The number of carboxylic acids is 1. The van der Waals surface area contributed by atoms with E-state index in [0.717, 1.165) is 16.3 Å². The Balaban J connectivity index is 1.60. The summed E-state index contributed by atoms with van der Waals surface area (Å²) in [6.07, 6.45) is 6.45. The molecule has 0 amide bonds. The average Bonchev–Trinajstić information content (AvgIpc) is 2.77. The molecule has 1 atom stereocenters. The fourth-order valence-corrected chi connectivity index (χ4v) is 4.60. The first-order valence-corrected chi connectivity index (χ1v) is 10.6. The minimum Gasteiger partial charge on any atom is -0.488 e. The highest BCUT2D eigenvalue weighted by Crippen LogP contribution is 2.37. The Labute approximate surface area is 172 Å². The van der Waals surface area contributed by atoms with E-state index in [1.165, 1.54) is 37.7 Å². The minimum atomic E-state index is -0.949. The fourth-order valence-electron chi connectivity index (χ4n) is 4.60. The highest BCUT2D eigenvalue weighted by Gasteiger charge is 2.23. The van der Waals surface area contributed by atoms with Crippen LogP contribution in [0.2, 0.25) is 0 Å². The van der Waals surface area contributed by atoms with Crippen LogP contribution >= 0.6 is 0 Å². The molecule has 1 fully saturated rings. The first kappa shape index (κ1) is 19.5. The van der Waals surface area contributed by atoms with Crippen LogP contribution in [0.15, 0.2) is 60.7 Å². The van der Waals surface area contributed by atoms with Gasteiger partial charge in [0.15, 0.2) is 0 Å². The summed E-state index contributed by atoms with van der Waals surface area (Å²) in [6.45, 7) is 2.61. The van der Waals surface area contributed by atoms with Crippen LogP contribution < -0.4 is 4.74 Å². The summed E-state index contributed by atoms with van der Waals surface area (Å²) in [4.78, 5) is 11.7. The van der Waals surface area contributed by atoms with Gasteiger partial charge in [0.2, 0.25) is 0 Å². The number of carbonyl (C=O) groups is 1. The zero-order valence-corrected chi connectivity index (χ0v) is 16.9. The van der Waals surface area contributed by atoms with E-state index in [2.05, 4.69) is 25.1 Å². The molecule has 3 aromatic carbocycles. The number of hydrogen-bond donors (Lipinski definition) is 1. The Bertz CT molecular complexity index is 997. The third kappa shape index (κ3) is 4.29. The molecule has 0 unspecified atom stereocenters. The molecule has 0 bridgehead atoms. The second-order valence-corrected chi connectivity index (χ2v) is 8.17. The summed E-state index contributed by atoms with van der Waals surface area (Å²) < 4.78 is 6.09. The van der Waals surface area contributed by atoms with E-state index in [-0.39, 0.29) is 5.56 Å². The summed E-state index contributed by atoms with van der Waals surface area (Å²) >= 11 is 0. The van der Waals surface area contributed by atoms with Crippen LogP contribution in [-0.4, -0.2) is 11.1 Å². The smallest absolute Gasteiger partial charge is 0.339 e. The van der Waals surface area contributed by atoms with E-state index < -0.39 is 5.97 Å². The molecule has 1 aliphatic carbocycles. The number of rotatable bonds is 6. The van der Waals surface area contributed by atoms with Crippen molar-refractivity contribution in [2.75, 3.05) is 0 Å². The molecule has 1 N–H and O–H groups in total. The predicted molar refractivity (Wildman–Crippen MR) is 117 cm³/mol. The van der Waals surface area contributed by atoms with Gasteiger partial charge in [-0.3, -0.25) is 0 Å². The zero-order chi connectivity index (χ0) is 20.2. The summed E-state index contributed by atoms with van der Waals surface area (Å²) in [7, 11) is 0. The normalized spacial score (nSPS) is 15.9. The van der Waals surface area contributed by atoms with Gasteiger partial charge in [0.1, 0.15) is 17.9 Å². The topological polar surface area (TPSA) is 46.5 Å². The van der Waals surface area contributed by atoms with Crippen LogP contribution in [0.4, 0.5) is 0 Å². The van der Waals surface area contributed by atoms with Gasteiger partial charge in [-0.05, 0) is 58.7 Å². The van der Waals surface area contributed by atoms with Crippen molar-refractivity contribution in [3.05, 3.63) is 77.4 Å². The van der Waals surface area contributed by atoms with Crippen molar-refractivity contribution >= 4 is 16.7 Å². The van der Waals surface area contributed by atoms with Crippen LogP contribution in [-0.2, 0) is 6.61 Å². The third-order valence-electron chi connectivity index (χ3n) is 6.38. The maximum Gasteiger partial charge on any atom is 0.339 e. The van der Waals surface area contributed by atoms with Crippen molar-refractivity contribution in [1.29, 1.82) is 0 Å². The molecular formula is C26H28O3. The second-order valence-electron chi connectivity index (χ2n) is 8.17. The van der Waals surface area contributed by atoms with Gasteiger partial charge in [-0.15, -0.1) is 0 Å². The van der Waals surface area contributed by atoms with Gasteiger partial charge in [0, 0.05) is 0 Å². The number of aromatic carboxylic acids is 1.